The zero-order valence-electron chi connectivity index (χ0n) is 6.90. The first-order chi connectivity index (χ1) is 6.42. The van der Waals surface area contributed by atoms with Gasteiger partial charge >= 0.3 is 6.18 Å². The molecule has 0 amide bonds. The predicted octanol–water partition coefficient (Wildman–Crippen LogP) is 3.43. The molecule has 0 saturated heterocycles. The Labute approximate surface area is 87.3 Å². The van der Waals surface area contributed by atoms with E-state index in [-0.39, 0.29) is 5.56 Å². The van der Waals surface area contributed by atoms with Gasteiger partial charge < -0.3 is 0 Å². The molecular weight excluding hydrogens is 259 g/mol. The molecule has 0 atom stereocenters. The van der Waals surface area contributed by atoms with Crippen molar-refractivity contribution in [2.45, 2.75) is 12.6 Å². The van der Waals surface area contributed by atoms with E-state index in [1.165, 1.54) is 18.2 Å². The van der Waals surface area contributed by atoms with Gasteiger partial charge in [-0.1, -0.05) is 6.07 Å². The number of benzene rings is 1. The minimum Gasteiger partial charge on any atom is -0.192 e. The highest BCUT2D eigenvalue weighted by Gasteiger charge is 2.27. The maximum atomic E-state index is 12.0. The molecule has 0 aromatic heterocycles. The Morgan fingerprint density at radius 2 is 2.00 bits per heavy atom. The van der Waals surface area contributed by atoms with Crippen LogP contribution in [0.4, 0.5) is 13.2 Å². The van der Waals surface area contributed by atoms with Gasteiger partial charge in [0.15, 0.2) is 0 Å². The van der Waals surface area contributed by atoms with Gasteiger partial charge in [0.2, 0.25) is 0 Å². The second kappa shape index (κ2) is 4.01. The Hall–Kier alpha value is -1.02. The Bertz CT molecular complexity index is 379. The van der Waals surface area contributed by atoms with Crippen LogP contribution in [0, 0.1) is 11.3 Å². The van der Waals surface area contributed by atoms with Crippen LogP contribution < -0.4 is 0 Å². The van der Waals surface area contributed by atoms with Crippen molar-refractivity contribution in [1.82, 2.24) is 0 Å². The number of hydrogen-bond acceptors (Lipinski definition) is 1. The number of halogens is 4. The largest absolute Gasteiger partial charge is 0.393 e. The fourth-order valence-corrected chi connectivity index (χ4v) is 1.51. The predicted molar refractivity (Wildman–Crippen MR) is 48.6 cm³/mol. The van der Waals surface area contributed by atoms with Crippen LogP contribution in [0.5, 0.6) is 0 Å². The van der Waals surface area contributed by atoms with Crippen LogP contribution in [0.2, 0.25) is 0 Å². The lowest BCUT2D eigenvalue weighted by Crippen LogP contribution is -2.11. The Morgan fingerprint density at radius 1 is 1.36 bits per heavy atom. The molecule has 0 aliphatic heterocycles. The van der Waals surface area contributed by atoms with Crippen LogP contribution in [0.25, 0.3) is 0 Å². The zero-order valence-corrected chi connectivity index (χ0v) is 8.48. The molecule has 1 aromatic carbocycles. The normalized spacial score (nSPS) is 11.1. The first kappa shape index (κ1) is 11.1. The maximum absolute atomic E-state index is 12.0. The molecule has 0 heterocycles. The number of alkyl halides is 3. The molecule has 5 heteroatoms. The van der Waals surface area contributed by atoms with Crippen LogP contribution in [0.15, 0.2) is 22.7 Å². The van der Waals surface area contributed by atoms with Gasteiger partial charge in [-0.2, -0.15) is 18.4 Å². The molecule has 0 saturated carbocycles. The minimum absolute atomic E-state index is 0.142. The van der Waals surface area contributed by atoms with Gasteiger partial charge in [0, 0.05) is 4.47 Å². The highest BCUT2D eigenvalue weighted by molar-refractivity contribution is 9.10. The average Bonchev–Trinajstić information content (AvgIpc) is 2.01. The quantitative estimate of drug-likeness (QED) is 0.762. The molecule has 0 aliphatic rings. The van der Waals surface area contributed by atoms with Crippen molar-refractivity contribution in [3.05, 3.63) is 33.8 Å². The summed E-state index contributed by atoms with van der Waals surface area (Å²) < 4.78 is 36.3. The lowest BCUT2D eigenvalue weighted by Gasteiger charge is -2.06. The SMILES string of the molecule is N#Cc1ccc(CC(F)(F)F)cc1Br. The molecule has 0 spiro atoms. The van der Waals surface area contributed by atoms with Crippen LogP contribution in [0.1, 0.15) is 11.1 Å². The lowest BCUT2D eigenvalue weighted by molar-refractivity contribution is -0.127. The summed E-state index contributed by atoms with van der Waals surface area (Å²) in [7, 11) is 0. The van der Waals surface area contributed by atoms with E-state index in [0.717, 1.165) is 0 Å². The molecular formula is C9H5BrF3N. The van der Waals surface area contributed by atoms with Crippen molar-refractivity contribution in [2.75, 3.05) is 0 Å². The van der Waals surface area contributed by atoms with Crippen LogP contribution in [-0.2, 0) is 6.42 Å². The fourth-order valence-electron chi connectivity index (χ4n) is 0.991. The van der Waals surface area contributed by atoms with Crippen LogP contribution in [0.3, 0.4) is 0 Å². The maximum Gasteiger partial charge on any atom is 0.393 e. The number of rotatable bonds is 1. The highest BCUT2D eigenvalue weighted by atomic mass is 79.9. The van der Waals surface area contributed by atoms with Gasteiger partial charge in [0.1, 0.15) is 6.07 Å². The summed E-state index contributed by atoms with van der Waals surface area (Å²) in [5.41, 5.74) is 0.472. The van der Waals surface area contributed by atoms with E-state index in [0.29, 0.717) is 10.0 Å². The molecule has 0 unspecified atom stereocenters. The van der Waals surface area contributed by atoms with E-state index in [9.17, 15) is 13.2 Å². The van der Waals surface area contributed by atoms with E-state index >= 15 is 0 Å². The molecule has 1 nitrogen and oxygen atoms in total. The third kappa shape index (κ3) is 3.04. The van der Waals surface area contributed by atoms with E-state index in [4.69, 9.17) is 5.26 Å². The number of nitriles is 1. The van der Waals surface area contributed by atoms with Gasteiger partial charge in [-0.15, -0.1) is 0 Å². The van der Waals surface area contributed by atoms with Gasteiger partial charge in [0.05, 0.1) is 12.0 Å². The van der Waals surface area contributed by atoms with E-state index in [1.54, 1.807) is 0 Å². The van der Waals surface area contributed by atoms with Gasteiger partial charge in [-0.25, -0.2) is 0 Å². The van der Waals surface area contributed by atoms with Gasteiger partial charge in [0.25, 0.3) is 0 Å². The van der Waals surface area contributed by atoms with Crippen LogP contribution >= 0.6 is 15.9 Å². The Balaban J connectivity index is 2.94. The third-order valence-corrected chi connectivity index (χ3v) is 2.21. The fraction of sp³-hybridized carbons (Fsp3) is 0.222. The summed E-state index contributed by atoms with van der Waals surface area (Å²) in [6.45, 7) is 0. The minimum atomic E-state index is -4.21. The van der Waals surface area contributed by atoms with Crippen molar-refractivity contribution in [1.29, 1.82) is 5.26 Å². The summed E-state index contributed by atoms with van der Waals surface area (Å²) >= 11 is 3.02. The second-order valence-electron chi connectivity index (χ2n) is 2.72. The van der Waals surface area contributed by atoms with E-state index in [2.05, 4.69) is 15.9 Å². The molecule has 0 radical (unpaired) electrons. The molecule has 0 N–H and O–H groups in total. The lowest BCUT2D eigenvalue weighted by atomic mass is 10.1. The van der Waals surface area contributed by atoms with Crippen molar-refractivity contribution in [3.63, 3.8) is 0 Å². The Morgan fingerprint density at radius 3 is 2.43 bits per heavy atom. The standard InChI is InChI=1S/C9H5BrF3N/c10-8-3-6(4-9(11,12)13)1-2-7(8)5-14/h1-3H,4H2. The van der Waals surface area contributed by atoms with Crippen molar-refractivity contribution in [2.24, 2.45) is 0 Å². The van der Waals surface area contributed by atoms with Gasteiger partial charge in [-0.3, -0.25) is 0 Å². The third-order valence-electron chi connectivity index (χ3n) is 1.56. The summed E-state index contributed by atoms with van der Waals surface area (Å²) in [5, 5.41) is 8.54. The number of hydrogen-bond donors (Lipinski definition) is 0. The van der Waals surface area contributed by atoms with Crippen molar-refractivity contribution >= 4 is 15.9 Å². The summed E-state index contributed by atoms with van der Waals surface area (Å²) in [5.74, 6) is 0. The molecule has 0 fully saturated rings. The zero-order chi connectivity index (χ0) is 10.8. The molecule has 0 bridgehead atoms. The number of nitrogens with zero attached hydrogens (tertiary/aromatic N) is 1. The summed E-state index contributed by atoms with van der Waals surface area (Å²) in [4.78, 5) is 0. The first-order valence-corrected chi connectivity index (χ1v) is 4.47. The van der Waals surface area contributed by atoms with E-state index < -0.39 is 12.6 Å². The first-order valence-electron chi connectivity index (χ1n) is 3.67. The van der Waals surface area contributed by atoms with Crippen LogP contribution in [-0.4, -0.2) is 6.18 Å². The molecule has 14 heavy (non-hydrogen) atoms. The van der Waals surface area contributed by atoms with E-state index in [1.807, 2.05) is 6.07 Å². The molecule has 1 aromatic rings. The van der Waals surface area contributed by atoms with Crippen molar-refractivity contribution in [3.8, 4) is 6.07 Å². The second-order valence-corrected chi connectivity index (χ2v) is 3.57. The van der Waals surface area contributed by atoms with Gasteiger partial charge in [-0.05, 0) is 33.6 Å². The monoisotopic (exact) mass is 263 g/mol. The Kier molecular flexibility index (Phi) is 3.17. The summed E-state index contributed by atoms with van der Waals surface area (Å²) in [6.07, 6.45) is -5.19. The average molecular weight is 264 g/mol. The highest BCUT2D eigenvalue weighted by Crippen LogP contribution is 2.24. The van der Waals surface area contributed by atoms with Crippen molar-refractivity contribution < 1.29 is 13.2 Å². The molecule has 0 aliphatic carbocycles. The smallest absolute Gasteiger partial charge is 0.192 e. The molecule has 74 valence electrons. The summed E-state index contributed by atoms with van der Waals surface area (Å²) in [6, 6.07) is 5.84. The topological polar surface area (TPSA) is 23.8 Å². The molecule has 1 rings (SSSR count).